The number of nitrogens with zero attached hydrogens (tertiary/aromatic N) is 4. The largest absolute Gasteiger partial charge is 0.487 e. The summed E-state index contributed by atoms with van der Waals surface area (Å²) in [5.74, 6) is -2.58. The third-order valence-corrected chi connectivity index (χ3v) is 13.8. The second-order valence-corrected chi connectivity index (χ2v) is 18.3. The molecular formula is C47H48FN7O9S. The Kier molecular flexibility index (Phi) is 12.2. The molecule has 0 radical (unpaired) electrons. The molecule has 3 aliphatic rings. The standard InChI is InChI=1S/C47H48FN7O9S/c1-52-38-23-32(12-15-36(38)55(47(52)60)37-16-17-41(56)50-45(37)58)31-18-20-53(21-19-31)39(28-63-26-29-8-4-2-5-9-29)46(59)49-34-13-14-35-33(22-34)24-40(64-27-30-10-6-3-7-11-30)44(43(35)48)54-25-42(57)51-65(54,61)62/h2-15,22-24,31,37,39,61-62H,16-21,25-28H2,1H3,(H,49,59)(H,51,57)(H,50,56,58)/t37?,39-/m0/s1. The maximum atomic E-state index is 16.6. The highest BCUT2D eigenvalue weighted by atomic mass is 32.3. The number of aromatic nitrogens is 2. The first-order chi connectivity index (χ1) is 31.3. The Morgan fingerprint density at radius 2 is 1.57 bits per heavy atom. The smallest absolute Gasteiger partial charge is 0.329 e. The van der Waals surface area contributed by atoms with Gasteiger partial charge in [0.05, 0.1) is 24.2 Å². The Morgan fingerprint density at radius 3 is 2.25 bits per heavy atom. The summed E-state index contributed by atoms with van der Waals surface area (Å²) < 4.78 is 56.3. The molecule has 1 unspecified atom stereocenters. The van der Waals surface area contributed by atoms with E-state index in [1.807, 2.05) is 78.9 Å². The lowest BCUT2D eigenvalue weighted by atomic mass is 9.88. The van der Waals surface area contributed by atoms with Crippen LogP contribution in [0.1, 0.15) is 54.3 Å². The van der Waals surface area contributed by atoms with Gasteiger partial charge < -0.3 is 14.8 Å². The van der Waals surface area contributed by atoms with Gasteiger partial charge in [-0.2, -0.15) is 0 Å². The fourth-order valence-electron chi connectivity index (χ4n) is 8.99. The Hall–Kier alpha value is -6.57. The first kappa shape index (κ1) is 43.7. The van der Waals surface area contributed by atoms with E-state index in [2.05, 4.69) is 20.3 Å². The molecule has 4 heterocycles. The molecule has 1 aromatic heterocycles. The molecule has 3 saturated heterocycles. The molecule has 65 heavy (non-hydrogen) atoms. The van der Waals surface area contributed by atoms with E-state index in [1.165, 1.54) is 15.2 Å². The molecule has 16 nitrogen and oxygen atoms in total. The number of anilines is 2. The van der Waals surface area contributed by atoms with Gasteiger partial charge in [-0.15, -0.1) is 0 Å². The van der Waals surface area contributed by atoms with E-state index < -0.39 is 47.2 Å². The number of imidazole rings is 1. The Bertz CT molecular complexity index is 2870. The van der Waals surface area contributed by atoms with Crippen LogP contribution in [0.15, 0.2) is 108 Å². The molecule has 3 aliphatic heterocycles. The molecule has 4 amide bonds. The number of fused-ring (bicyclic) bond motifs is 2. The monoisotopic (exact) mass is 905 g/mol. The number of ether oxygens (including phenoxy) is 2. The molecule has 0 aliphatic carbocycles. The second-order valence-electron chi connectivity index (χ2n) is 16.6. The summed E-state index contributed by atoms with van der Waals surface area (Å²) in [5.41, 5.74) is 3.85. The molecule has 5 aromatic carbocycles. The zero-order valence-electron chi connectivity index (χ0n) is 35.4. The normalized spacial score (nSPS) is 19.0. The number of carbonyl (C=O) groups excluding carboxylic acids is 4. The maximum Gasteiger partial charge on any atom is 0.329 e. The topological polar surface area (TPSA) is 197 Å². The van der Waals surface area contributed by atoms with Gasteiger partial charge in [0.2, 0.25) is 17.7 Å². The van der Waals surface area contributed by atoms with E-state index in [4.69, 9.17) is 9.47 Å². The summed E-state index contributed by atoms with van der Waals surface area (Å²) >= 11 is 0. The van der Waals surface area contributed by atoms with E-state index >= 15 is 4.39 Å². The van der Waals surface area contributed by atoms with Gasteiger partial charge >= 0.3 is 5.69 Å². The summed E-state index contributed by atoms with van der Waals surface area (Å²) in [6, 6.07) is 29.4. The number of halogens is 1. The number of amides is 4. The van der Waals surface area contributed by atoms with Crippen molar-refractivity contribution in [1.82, 2.24) is 24.1 Å². The molecule has 0 bridgehead atoms. The highest BCUT2D eigenvalue weighted by Crippen LogP contribution is 2.51. The van der Waals surface area contributed by atoms with Gasteiger partial charge in [-0.3, -0.25) is 47.6 Å². The van der Waals surface area contributed by atoms with Crippen LogP contribution in [0.3, 0.4) is 0 Å². The molecule has 9 rings (SSSR count). The van der Waals surface area contributed by atoms with E-state index in [0.717, 1.165) is 21.0 Å². The third kappa shape index (κ3) is 8.95. The van der Waals surface area contributed by atoms with Gasteiger partial charge in [-0.25, -0.2) is 18.2 Å². The number of piperidine rings is 2. The van der Waals surface area contributed by atoms with Crippen LogP contribution in [0.5, 0.6) is 5.75 Å². The van der Waals surface area contributed by atoms with E-state index in [1.54, 1.807) is 25.2 Å². The van der Waals surface area contributed by atoms with Crippen LogP contribution in [0.4, 0.5) is 15.8 Å². The van der Waals surface area contributed by atoms with Crippen molar-refractivity contribution in [2.75, 3.05) is 35.9 Å². The number of rotatable bonds is 13. The minimum absolute atomic E-state index is 0.0251. The van der Waals surface area contributed by atoms with Gasteiger partial charge in [0.15, 0.2) is 5.82 Å². The summed E-state index contributed by atoms with van der Waals surface area (Å²) in [6.45, 7) is 1.04. The van der Waals surface area contributed by atoms with Crippen molar-refractivity contribution in [1.29, 1.82) is 0 Å². The van der Waals surface area contributed by atoms with Crippen molar-refractivity contribution in [3.05, 3.63) is 136 Å². The van der Waals surface area contributed by atoms with Crippen LogP contribution >= 0.6 is 11.0 Å². The fourth-order valence-corrected chi connectivity index (χ4v) is 10.2. The van der Waals surface area contributed by atoms with E-state index in [0.29, 0.717) is 54.6 Å². The number of carbonyl (C=O) groups is 4. The number of aryl methyl sites for hydroxylation is 1. The van der Waals surface area contributed by atoms with Gasteiger partial charge in [-0.05, 0) is 108 Å². The lowest BCUT2D eigenvalue weighted by Crippen LogP contribution is -2.50. The number of imide groups is 1. The van der Waals surface area contributed by atoms with Crippen LogP contribution < -0.4 is 30.1 Å². The Morgan fingerprint density at radius 1 is 0.862 bits per heavy atom. The third-order valence-electron chi connectivity index (χ3n) is 12.4. The van der Waals surface area contributed by atoms with Crippen molar-refractivity contribution >= 4 is 67.8 Å². The summed E-state index contributed by atoms with van der Waals surface area (Å²) in [7, 11) is -2.21. The molecule has 2 atom stereocenters. The van der Waals surface area contributed by atoms with Gasteiger partial charge in [-0.1, -0.05) is 66.7 Å². The quantitative estimate of drug-likeness (QED) is 0.0840. The van der Waals surface area contributed by atoms with Gasteiger partial charge in [0, 0.05) is 24.5 Å². The summed E-state index contributed by atoms with van der Waals surface area (Å²) in [5, 5.41) is 5.85. The number of nitrogens with one attached hydrogen (secondary N) is 3. The zero-order chi connectivity index (χ0) is 45.4. The minimum atomic E-state index is -3.89. The molecule has 0 spiro atoms. The molecule has 18 heteroatoms. The Labute approximate surface area is 374 Å². The average molecular weight is 906 g/mol. The highest BCUT2D eigenvalue weighted by Gasteiger charge is 2.39. The van der Waals surface area contributed by atoms with Crippen molar-refractivity contribution in [2.24, 2.45) is 7.05 Å². The Balaban J connectivity index is 0.951. The van der Waals surface area contributed by atoms with Gasteiger partial charge in [0.1, 0.15) is 36.7 Å². The predicted molar refractivity (Wildman–Crippen MR) is 244 cm³/mol. The van der Waals surface area contributed by atoms with Crippen molar-refractivity contribution in [3.8, 4) is 5.75 Å². The highest BCUT2D eigenvalue weighted by molar-refractivity contribution is 8.24. The van der Waals surface area contributed by atoms with Crippen LogP contribution in [0.25, 0.3) is 21.8 Å². The molecule has 338 valence electrons. The van der Waals surface area contributed by atoms with Crippen LogP contribution in [0, 0.1) is 5.82 Å². The number of hydrogen-bond acceptors (Lipinski definition) is 11. The van der Waals surface area contributed by atoms with E-state index in [9.17, 15) is 33.1 Å². The second kappa shape index (κ2) is 18.1. The molecule has 0 saturated carbocycles. The van der Waals surface area contributed by atoms with Crippen molar-refractivity contribution in [2.45, 2.75) is 56.9 Å². The lowest BCUT2D eigenvalue weighted by molar-refractivity contribution is -0.135. The van der Waals surface area contributed by atoms with Gasteiger partial charge in [0.25, 0.3) is 5.91 Å². The number of benzene rings is 5. The predicted octanol–water partition coefficient (Wildman–Crippen LogP) is 6.11. The fraction of sp³-hybridized carbons (Fsp3) is 0.298. The van der Waals surface area contributed by atoms with Crippen molar-refractivity contribution in [3.63, 3.8) is 0 Å². The van der Waals surface area contributed by atoms with Crippen LogP contribution in [0.2, 0.25) is 0 Å². The maximum absolute atomic E-state index is 16.6. The SMILES string of the molecule is Cn1c(=O)n(C2CCC(=O)NC2=O)c2ccc(C3CCN([C@@H](COCc4ccccc4)C(=O)Nc4ccc5c(F)c(N6CC(=O)NS6(O)O)c(OCc6ccccc6)cc5c4)CC3)cc21. The summed E-state index contributed by atoms with van der Waals surface area (Å²) in [6.07, 6.45) is 1.82. The molecule has 6 aromatic rings. The first-order valence-corrected chi connectivity index (χ1v) is 22.9. The van der Waals surface area contributed by atoms with Crippen LogP contribution in [-0.4, -0.2) is 79.1 Å². The lowest BCUT2D eigenvalue weighted by Gasteiger charge is -2.37. The molecule has 5 N–H and O–H groups in total. The number of hydrogen-bond donors (Lipinski definition) is 5. The van der Waals surface area contributed by atoms with Crippen LogP contribution in [-0.2, 0) is 44.2 Å². The summed E-state index contributed by atoms with van der Waals surface area (Å²) in [4.78, 5) is 66.7. The van der Waals surface area contributed by atoms with Crippen molar-refractivity contribution < 1.29 is 42.1 Å². The minimum Gasteiger partial charge on any atom is -0.487 e. The first-order valence-electron chi connectivity index (χ1n) is 21.3. The number of likely N-dealkylation sites (tertiary alicyclic amines) is 1. The molecular weight excluding hydrogens is 858 g/mol. The zero-order valence-corrected chi connectivity index (χ0v) is 36.3. The molecule has 3 fully saturated rings. The van der Waals surface area contributed by atoms with E-state index in [-0.39, 0.29) is 66.3 Å². The average Bonchev–Trinajstić information content (AvgIpc) is 3.72.